The largest absolute Gasteiger partial charge is 0.490 e. The lowest BCUT2D eigenvalue weighted by atomic mass is 9.99. The highest BCUT2D eigenvalue weighted by atomic mass is 79.9. The molecular formula is C16H15BrClNO2. The SMILES string of the molecule is NC(c1cccc(Cl)c1)c1cc2c(cc1Br)OCCCO2. The quantitative estimate of drug-likeness (QED) is 0.859. The summed E-state index contributed by atoms with van der Waals surface area (Å²) in [4.78, 5) is 0. The van der Waals surface area contributed by atoms with E-state index in [1.807, 2.05) is 36.4 Å². The van der Waals surface area contributed by atoms with E-state index in [9.17, 15) is 0 Å². The minimum absolute atomic E-state index is 0.282. The molecule has 1 atom stereocenters. The van der Waals surface area contributed by atoms with Gasteiger partial charge in [0, 0.05) is 15.9 Å². The van der Waals surface area contributed by atoms with Gasteiger partial charge in [-0.3, -0.25) is 0 Å². The smallest absolute Gasteiger partial charge is 0.162 e. The second-order valence-corrected chi connectivity index (χ2v) is 6.19. The summed E-state index contributed by atoms with van der Waals surface area (Å²) < 4.78 is 12.3. The molecule has 2 aromatic carbocycles. The van der Waals surface area contributed by atoms with Gasteiger partial charge >= 0.3 is 0 Å². The molecule has 1 unspecified atom stereocenters. The maximum absolute atomic E-state index is 6.37. The van der Waals surface area contributed by atoms with Gasteiger partial charge in [0.2, 0.25) is 0 Å². The van der Waals surface area contributed by atoms with E-state index in [0.29, 0.717) is 18.2 Å². The summed E-state index contributed by atoms with van der Waals surface area (Å²) >= 11 is 9.61. The van der Waals surface area contributed by atoms with E-state index in [0.717, 1.165) is 33.5 Å². The number of benzene rings is 2. The molecule has 0 spiro atoms. The van der Waals surface area contributed by atoms with Crippen LogP contribution in [0.1, 0.15) is 23.6 Å². The Morgan fingerprint density at radius 1 is 1.10 bits per heavy atom. The maximum Gasteiger partial charge on any atom is 0.162 e. The van der Waals surface area contributed by atoms with Crippen LogP contribution in [0.15, 0.2) is 40.9 Å². The van der Waals surface area contributed by atoms with Crippen molar-refractivity contribution in [1.82, 2.24) is 0 Å². The van der Waals surface area contributed by atoms with Crippen LogP contribution in [0.3, 0.4) is 0 Å². The summed E-state index contributed by atoms with van der Waals surface area (Å²) in [6.07, 6.45) is 0.877. The third-order valence-corrected chi connectivity index (χ3v) is 4.33. The molecule has 1 heterocycles. The number of fused-ring (bicyclic) bond motifs is 1. The first-order valence-electron chi connectivity index (χ1n) is 6.75. The fourth-order valence-electron chi connectivity index (χ4n) is 2.32. The standard InChI is InChI=1S/C16H15BrClNO2/c17-13-9-15-14(20-5-2-6-21-15)8-12(13)16(19)10-3-1-4-11(18)7-10/h1,3-4,7-9,16H,2,5-6,19H2. The summed E-state index contributed by atoms with van der Waals surface area (Å²) in [5.74, 6) is 1.49. The summed E-state index contributed by atoms with van der Waals surface area (Å²) in [7, 11) is 0. The number of rotatable bonds is 2. The monoisotopic (exact) mass is 367 g/mol. The summed E-state index contributed by atoms with van der Waals surface area (Å²) in [6.45, 7) is 1.32. The Bertz CT molecular complexity index is 663. The van der Waals surface area contributed by atoms with Gasteiger partial charge in [0.1, 0.15) is 0 Å². The van der Waals surface area contributed by atoms with Gasteiger partial charge in [-0.05, 0) is 35.4 Å². The Balaban J connectivity index is 2.00. The van der Waals surface area contributed by atoms with Gasteiger partial charge in [-0.2, -0.15) is 0 Å². The molecule has 0 bridgehead atoms. The van der Waals surface area contributed by atoms with Gasteiger partial charge in [0.15, 0.2) is 11.5 Å². The molecule has 21 heavy (non-hydrogen) atoms. The molecule has 0 fully saturated rings. The van der Waals surface area contributed by atoms with Crippen LogP contribution in [-0.4, -0.2) is 13.2 Å². The van der Waals surface area contributed by atoms with Crippen LogP contribution >= 0.6 is 27.5 Å². The van der Waals surface area contributed by atoms with Crippen molar-refractivity contribution in [1.29, 1.82) is 0 Å². The summed E-state index contributed by atoms with van der Waals surface area (Å²) in [6, 6.07) is 11.1. The molecule has 3 rings (SSSR count). The summed E-state index contributed by atoms with van der Waals surface area (Å²) in [5.41, 5.74) is 8.28. The number of hydrogen-bond donors (Lipinski definition) is 1. The minimum atomic E-state index is -0.282. The van der Waals surface area contributed by atoms with Crippen molar-refractivity contribution in [3.8, 4) is 11.5 Å². The van der Waals surface area contributed by atoms with E-state index in [4.69, 9.17) is 26.8 Å². The van der Waals surface area contributed by atoms with Crippen molar-refractivity contribution in [2.75, 3.05) is 13.2 Å². The van der Waals surface area contributed by atoms with Crippen LogP contribution in [-0.2, 0) is 0 Å². The van der Waals surface area contributed by atoms with E-state index in [1.165, 1.54) is 0 Å². The van der Waals surface area contributed by atoms with Gasteiger partial charge in [-0.1, -0.05) is 39.7 Å². The van der Waals surface area contributed by atoms with Gasteiger partial charge in [-0.25, -0.2) is 0 Å². The van der Waals surface area contributed by atoms with Crippen molar-refractivity contribution >= 4 is 27.5 Å². The first-order valence-corrected chi connectivity index (χ1v) is 7.92. The number of hydrogen-bond acceptors (Lipinski definition) is 3. The van der Waals surface area contributed by atoms with Crippen LogP contribution in [0.4, 0.5) is 0 Å². The van der Waals surface area contributed by atoms with Crippen LogP contribution in [0.5, 0.6) is 11.5 Å². The molecule has 1 aliphatic rings. The predicted molar refractivity (Wildman–Crippen MR) is 87.2 cm³/mol. The zero-order valence-corrected chi connectivity index (χ0v) is 13.7. The molecule has 0 saturated carbocycles. The Labute approximate surface area is 137 Å². The molecule has 0 aromatic heterocycles. The number of nitrogens with two attached hydrogens (primary N) is 1. The van der Waals surface area contributed by atoms with E-state index < -0.39 is 0 Å². The highest BCUT2D eigenvalue weighted by Crippen LogP contribution is 2.38. The predicted octanol–water partition coefficient (Wildman–Crippen LogP) is 4.31. The molecule has 1 aliphatic heterocycles. The molecule has 0 amide bonds. The fourth-order valence-corrected chi connectivity index (χ4v) is 3.09. The normalized spacial score (nSPS) is 15.4. The Morgan fingerprint density at radius 3 is 2.52 bits per heavy atom. The highest BCUT2D eigenvalue weighted by molar-refractivity contribution is 9.10. The van der Waals surface area contributed by atoms with Gasteiger partial charge in [0.05, 0.1) is 19.3 Å². The van der Waals surface area contributed by atoms with Crippen LogP contribution in [0.2, 0.25) is 5.02 Å². The third-order valence-electron chi connectivity index (χ3n) is 3.41. The van der Waals surface area contributed by atoms with Crippen molar-refractivity contribution in [2.24, 2.45) is 5.73 Å². The van der Waals surface area contributed by atoms with Gasteiger partial charge in [0.25, 0.3) is 0 Å². The molecule has 2 aromatic rings. The van der Waals surface area contributed by atoms with E-state index in [1.54, 1.807) is 0 Å². The van der Waals surface area contributed by atoms with E-state index >= 15 is 0 Å². The Kier molecular flexibility index (Phi) is 4.38. The Hall–Kier alpha value is -1.23. The zero-order chi connectivity index (χ0) is 14.8. The summed E-state index contributed by atoms with van der Waals surface area (Å²) in [5, 5.41) is 0.674. The topological polar surface area (TPSA) is 44.5 Å². The lowest BCUT2D eigenvalue weighted by Gasteiger charge is -2.17. The molecular weight excluding hydrogens is 354 g/mol. The minimum Gasteiger partial charge on any atom is -0.490 e. The van der Waals surface area contributed by atoms with Crippen molar-refractivity contribution in [2.45, 2.75) is 12.5 Å². The average molecular weight is 369 g/mol. The lowest BCUT2D eigenvalue weighted by Crippen LogP contribution is -2.13. The average Bonchev–Trinajstić information content (AvgIpc) is 2.70. The van der Waals surface area contributed by atoms with Gasteiger partial charge in [-0.15, -0.1) is 0 Å². The third kappa shape index (κ3) is 3.18. The molecule has 0 saturated heterocycles. The molecule has 0 aliphatic carbocycles. The van der Waals surface area contributed by atoms with Crippen LogP contribution < -0.4 is 15.2 Å². The molecule has 110 valence electrons. The molecule has 2 N–H and O–H groups in total. The lowest BCUT2D eigenvalue weighted by molar-refractivity contribution is 0.297. The zero-order valence-electron chi connectivity index (χ0n) is 11.3. The molecule has 3 nitrogen and oxygen atoms in total. The number of ether oxygens (including phenoxy) is 2. The van der Waals surface area contributed by atoms with E-state index in [2.05, 4.69) is 15.9 Å². The second-order valence-electron chi connectivity index (χ2n) is 4.90. The van der Waals surface area contributed by atoms with Crippen LogP contribution in [0.25, 0.3) is 0 Å². The molecule has 0 radical (unpaired) electrons. The first-order chi connectivity index (χ1) is 10.1. The molecule has 5 heteroatoms. The van der Waals surface area contributed by atoms with Crippen molar-refractivity contribution in [3.05, 3.63) is 57.0 Å². The first kappa shape index (κ1) is 14.7. The Morgan fingerprint density at radius 2 is 1.81 bits per heavy atom. The number of halogens is 2. The van der Waals surface area contributed by atoms with Gasteiger partial charge < -0.3 is 15.2 Å². The van der Waals surface area contributed by atoms with Crippen molar-refractivity contribution in [3.63, 3.8) is 0 Å². The maximum atomic E-state index is 6.37. The fraction of sp³-hybridized carbons (Fsp3) is 0.250. The van der Waals surface area contributed by atoms with Crippen LogP contribution in [0, 0.1) is 0 Å². The van der Waals surface area contributed by atoms with E-state index in [-0.39, 0.29) is 6.04 Å². The second kappa shape index (κ2) is 6.26. The van der Waals surface area contributed by atoms with Crippen molar-refractivity contribution < 1.29 is 9.47 Å². The highest BCUT2D eigenvalue weighted by Gasteiger charge is 2.18.